The molecule has 41 heavy (non-hydrogen) atoms. The third-order valence-corrected chi connectivity index (χ3v) is 13.9. The van der Waals surface area contributed by atoms with Gasteiger partial charge in [-0.15, -0.1) is 0 Å². The number of hydrogen-bond acceptors (Lipinski definition) is 8. The molecular weight excluding hydrogens is 522 g/mol. The molecule has 8 nitrogen and oxygen atoms in total. The van der Waals surface area contributed by atoms with Gasteiger partial charge in [-0.25, -0.2) is 0 Å². The molecule has 0 spiro atoms. The summed E-state index contributed by atoms with van der Waals surface area (Å²) in [6.07, 6.45) is 3.05. The van der Waals surface area contributed by atoms with Crippen molar-refractivity contribution in [1.82, 2.24) is 4.90 Å². The second kappa shape index (κ2) is 10.8. The smallest absolute Gasteiger partial charge is 0.186 e. The third kappa shape index (κ3) is 4.60. The topological polar surface area (TPSA) is 120 Å². The standard InChI is InChI=1S/C33H53NO7/c1-16-4-7-26-17(2)19-5-6-20-21(23(19)14-34(26)13-16)11-24-22(20)12-27(36)25-10-18(8-9-33(24,25)3)40-32-31(39)30(38)29(37)28(15-35)41-32/h16-26,28-32,35,37-39H,4-15H2,1-3H3/t16-,17+,18?,19+,20+,21+,22-,23+,24-,25-,26-,28+,29+,30-,31+,32+,33+/m0/s1. The Morgan fingerprint density at radius 3 is 2.46 bits per heavy atom. The first kappa shape index (κ1) is 29.1. The molecule has 3 heterocycles. The molecule has 7 aliphatic rings. The van der Waals surface area contributed by atoms with Gasteiger partial charge in [0.2, 0.25) is 0 Å². The number of piperidine rings is 2. The SMILES string of the molecule is C[C@H]1CC[C@H]2[C@H](C)[C@H]3CC[C@@H]4[C@@H](C[C@H]5[C@H]4CC(=O)[C@@H]4CC(O[C@@H]6O[C@H](CO)[C@@H](O)[C@H](O)[C@H]6O)CC[C@@]45C)[C@@H]3CN2C1. The Bertz CT molecular complexity index is 991. The molecular formula is C33H53NO7. The molecule has 4 aliphatic carbocycles. The fourth-order valence-electron chi connectivity index (χ4n) is 11.8. The molecule has 17 atom stereocenters. The number of aliphatic hydroxyl groups excluding tert-OH is 4. The number of carbonyl (C=O) groups is 1. The summed E-state index contributed by atoms with van der Waals surface area (Å²) < 4.78 is 11.8. The summed E-state index contributed by atoms with van der Waals surface area (Å²) in [5.41, 5.74) is -0.0233. The van der Waals surface area contributed by atoms with E-state index in [1.54, 1.807) is 0 Å². The number of Topliss-reactive ketones (excluding diaryl/α,β-unsaturated/α-hetero) is 1. The number of ether oxygens (including phenoxy) is 2. The lowest BCUT2D eigenvalue weighted by molar-refractivity contribution is -0.315. The molecule has 8 heteroatoms. The molecule has 0 bridgehead atoms. The maximum absolute atomic E-state index is 13.9. The van der Waals surface area contributed by atoms with E-state index in [1.807, 2.05) is 0 Å². The van der Waals surface area contributed by atoms with Crippen LogP contribution < -0.4 is 0 Å². The molecule has 3 aliphatic heterocycles. The summed E-state index contributed by atoms with van der Waals surface area (Å²) >= 11 is 0. The van der Waals surface area contributed by atoms with Crippen molar-refractivity contribution in [3.63, 3.8) is 0 Å². The van der Waals surface area contributed by atoms with E-state index in [0.29, 0.717) is 36.4 Å². The second-order valence-corrected chi connectivity index (χ2v) is 15.8. The van der Waals surface area contributed by atoms with Gasteiger partial charge in [-0.05, 0) is 104 Å². The van der Waals surface area contributed by atoms with E-state index in [0.717, 1.165) is 48.5 Å². The summed E-state index contributed by atoms with van der Waals surface area (Å²) in [4.78, 5) is 16.7. The normalized spacial score (nSPS) is 57.2. The number of nitrogens with zero attached hydrogens (tertiary/aromatic N) is 1. The Balaban J connectivity index is 1.06. The molecule has 0 radical (unpaired) electrons. The van der Waals surface area contributed by atoms with Crippen molar-refractivity contribution in [3.8, 4) is 0 Å². The highest BCUT2D eigenvalue weighted by Crippen LogP contribution is 2.66. The van der Waals surface area contributed by atoms with E-state index in [1.165, 1.54) is 45.2 Å². The van der Waals surface area contributed by atoms with Gasteiger partial charge in [-0.2, -0.15) is 0 Å². The molecule has 1 unspecified atom stereocenters. The van der Waals surface area contributed by atoms with Crippen molar-refractivity contribution < 1.29 is 34.7 Å². The maximum atomic E-state index is 13.9. The van der Waals surface area contributed by atoms with Gasteiger partial charge < -0.3 is 29.9 Å². The first-order valence-corrected chi connectivity index (χ1v) is 16.8. The molecule has 7 rings (SSSR count). The zero-order chi connectivity index (χ0) is 28.8. The number of hydrogen-bond donors (Lipinski definition) is 4. The maximum Gasteiger partial charge on any atom is 0.186 e. The van der Waals surface area contributed by atoms with Crippen molar-refractivity contribution in [1.29, 1.82) is 0 Å². The zero-order valence-corrected chi connectivity index (χ0v) is 25.2. The van der Waals surface area contributed by atoms with Crippen LogP contribution in [0.1, 0.15) is 78.6 Å². The van der Waals surface area contributed by atoms with Crippen molar-refractivity contribution >= 4 is 5.78 Å². The number of fused-ring (bicyclic) bond motifs is 8. The van der Waals surface area contributed by atoms with Gasteiger partial charge in [-0.1, -0.05) is 20.8 Å². The molecule has 4 N–H and O–H groups in total. The van der Waals surface area contributed by atoms with Crippen LogP contribution in [0.15, 0.2) is 0 Å². The minimum atomic E-state index is -1.45. The summed E-state index contributed by atoms with van der Waals surface area (Å²) in [5, 5.41) is 40.4. The van der Waals surface area contributed by atoms with Gasteiger partial charge in [0.1, 0.15) is 30.2 Å². The third-order valence-electron chi connectivity index (χ3n) is 13.9. The van der Waals surface area contributed by atoms with Gasteiger partial charge in [-0.3, -0.25) is 9.69 Å². The Kier molecular flexibility index (Phi) is 7.66. The Labute approximate surface area is 245 Å². The molecule has 3 saturated heterocycles. The van der Waals surface area contributed by atoms with Crippen LogP contribution in [0.5, 0.6) is 0 Å². The quantitative estimate of drug-likeness (QED) is 0.379. The second-order valence-electron chi connectivity index (χ2n) is 15.8. The summed E-state index contributed by atoms with van der Waals surface area (Å²) in [6.45, 7) is 9.41. The average Bonchev–Trinajstić information content (AvgIpc) is 3.34. The lowest BCUT2D eigenvalue weighted by Gasteiger charge is -2.56. The van der Waals surface area contributed by atoms with Crippen LogP contribution in [0, 0.1) is 58.7 Å². The van der Waals surface area contributed by atoms with Crippen LogP contribution >= 0.6 is 0 Å². The fourth-order valence-corrected chi connectivity index (χ4v) is 11.8. The number of aliphatic hydroxyl groups is 4. The van der Waals surface area contributed by atoms with E-state index < -0.39 is 37.3 Å². The van der Waals surface area contributed by atoms with Gasteiger partial charge in [0.15, 0.2) is 6.29 Å². The number of carbonyl (C=O) groups excluding carboxylic acids is 1. The molecule has 7 fully saturated rings. The summed E-state index contributed by atoms with van der Waals surface area (Å²) in [5.74, 6) is 6.08. The molecule has 4 saturated carbocycles. The van der Waals surface area contributed by atoms with Crippen LogP contribution in [-0.2, 0) is 14.3 Å². The highest BCUT2D eigenvalue weighted by Gasteiger charge is 2.63. The number of rotatable bonds is 3. The van der Waals surface area contributed by atoms with E-state index in [4.69, 9.17) is 9.47 Å². The minimum absolute atomic E-state index is 0.0233. The predicted octanol–water partition coefficient (Wildman–Crippen LogP) is 2.60. The van der Waals surface area contributed by atoms with Crippen molar-refractivity contribution in [2.45, 2.75) is 121 Å². The van der Waals surface area contributed by atoms with Crippen molar-refractivity contribution in [2.75, 3.05) is 19.7 Å². The van der Waals surface area contributed by atoms with Crippen LogP contribution in [0.3, 0.4) is 0 Å². The first-order chi connectivity index (χ1) is 19.6. The van der Waals surface area contributed by atoms with E-state index in [9.17, 15) is 25.2 Å². The lowest BCUT2D eigenvalue weighted by atomic mass is 9.51. The monoisotopic (exact) mass is 575 g/mol. The minimum Gasteiger partial charge on any atom is -0.394 e. The fraction of sp³-hybridized carbons (Fsp3) is 0.970. The van der Waals surface area contributed by atoms with Gasteiger partial charge in [0.05, 0.1) is 12.7 Å². The van der Waals surface area contributed by atoms with Gasteiger partial charge >= 0.3 is 0 Å². The van der Waals surface area contributed by atoms with E-state index in [-0.39, 0.29) is 17.4 Å². The van der Waals surface area contributed by atoms with Crippen LogP contribution in [-0.4, -0.2) is 93.7 Å². The van der Waals surface area contributed by atoms with Crippen LogP contribution in [0.2, 0.25) is 0 Å². The zero-order valence-electron chi connectivity index (χ0n) is 25.2. The van der Waals surface area contributed by atoms with Crippen molar-refractivity contribution in [2.24, 2.45) is 58.7 Å². The van der Waals surface area contributed by atoms with Gasteiger partial charge in [0.25, 0.3) is 0 Å². The van der Waals surface area contributed by atoms with Gasteiger partial charge in [0, 0.05) is 31.5 Å². The highest BCUT2D eigenvalue weighted by atomic mass is 16.7. The number of ketones is 1. The lowest BCUT2D eigenvalue weighted by Crippen LogP contribution is -2.60. The predicted molar refractivity (Wildman–Crippen MR) is 151 cm³/mol. The highest BCUT2D eigenvalue weighted by molar-refractivity contribution is 5.83. The Hall–Kier alpha value is -0.610. The Morgan fingerprint density at radius 1 is 0.902 bits per heavy atom. The summed E-state index contributed by atoms with van der Waals surface area (Å²) in [7, 11) is 0. The van der Waals surface area contributed by atoms with E-state index >= 15 is 0 Å². The average molecular weight is 576 g/mol. The van der Waals surface area contributed by atoms with Crippen molar-refractivity contribution in [3.05, 3.63) is 0 Å². The Morgan fingerprint density at radius 2 is 1.68 bits per heavy atom. The molecule has 232 valence electrons. The molecule has 0 aromatic heterocycles. The molecule has 0 amide bonds. The molecule has 0 aromatic carbocycles. The first-order valence-electron chi connectivity index (χ1n) is 16.8. The van der Waals surface area contributed by atoms with E-state index in [2.05, 4.69) is 25.7 Å². The van der Waals surface area contributed by atoms with Crippen LogP contribution in [0.4, 0.5) is 0 Å². The van der Waals surface area contributed by atoms with Crippen LogP contribution in [0.25, 0.3) is 0 Å². The summed E-state index contributed by atoms with van der Waals surface area (Å²) in [6, 6.07) is 0.773. The largest absolute Gasteiger partial charge is 0.394 e. The molecule has 0 aromatic rings.